The molecule has 0 atom stereocenters. The summed E-state index contributed by atoms with van der Waals surface area (Å²) in [4.78, 5) is 26.7. The van der Waals surface area contributed by atoms with Crippen LogP contribution in [0.2, 0.25) is 10.0 Å². The second kappa shape index (κ2) is 9.86. The van der Waals surface area contributed by atoms with Crippen LogP contribution in [0.1, 0.15) is 10.4 Å². The lowest BCUT2D eigenvalue weighted by Gasteiger charge is -2.27. The monoisotopic (exact) mass is 485 g/mol. The van der Waals surface area contributed by atoms with Crippen LogP contribution in [0.3, 0.4) is 0 Å². The molecule has 2 amide bonds. The summed E-state index contributed by atoms with van der Waals surface area (Å²) in [7, 11) is -3.78. The number of nitrogens with zero attached hydrogens (tertiary/aromatic N) is 2. The van der Waals surface area contributed by atoms with E-state index < -0.39 is 22.5 Å². The fraction of sp³-hybridized carbons (Fsp3) is 0.300. The average molecular weight is 486 g/mol. The quantitative estimate of drug-likeness (QED) is 0.678. The molecule has 1 heterocycles. The minimum absolute atomic E-state index is 0.158. The fourth-order valence-corrected chi connectivity index (χ4v) is 4.24. The van der Waals surface area contributed by atoms with E-state index >= 15 is 0 Å². The molecule has 31 heavy (non-hydrogen) atoms. The van der Waals surface area contributed by atoms with Crippen molar-refractivity contribution in [2.24, 2.45) is 0 Å². The highest BCUT2D eigenvalue weighted by Gasteiger charge is 2.23. The number of hydrogen-bond donors (Lipinski definition) is 1. The molecule has 8 nitrogen and oxygen atoms in total. The minimum Gasteiger partial charge on any atom is -0.378 e. The van der Waals surface area contributed by atoms with Crippen molar-refractivity contribution in [2.45, 2.75) is 0 Å². The van der Waals surface area contributed by atoms with Gasteiger partial charge in [-0.1, -0.05) is 29.3 Å². The highest BCUT2D eigenvalue weighted by molar-refractivity contribution is 7.92. The van der Waals surface area contributed by atoms with Crippen LogP contribution in [0.5, 0.6) is 0 Å². The Bertz CT molecular complexity index is 1070. The first-order valence-corrected chi connectivity index (χ1v) is 12.0. The second-order valence-corrected chi connectivity index (χ2v) is 9.56. The molecule has 3 rings (SSSR count). The molecular formula is C20H21Cl2N3O5S. The van der Waals surface area contributed by atoms with Gasteiger partial charge in [-0.3, -0.25) is 13.9 Å². The third-order valence-corrected chi connectivity index (χ3v) is 6.57. The third-order valence-electron chi connectivity index (χ3n) is 4.61. The van der Waals surface area contributed by atoms with E-state index in [1.807, 2.05) is 0 Å². The molecule has 2 aromatic rings. The van der Waals surface area contributed by atoms with E-state index in [0.29, 0.717) is 31.9 Å². The van der Waals surface area contributed by atoms with Gasteiger partial charge in [0.25, 0.3) is 5.91 Å². The number of anilines is 2. The SMILES string of the molecule is CS(=O)(=O)N(CC(=O)Nc1cccc(Cl)c1Cl)c1ccc(C(=O)N2CCOCC2)cc1. The molecule has 0 bridgehead atoms. The summed E-state index contributed by atoms with van der Waals surface area (Å²) in [6.45, 7) is 1.50. The number of carbonyl (C=O) groups excluding carboxylic acids is 2. The summed E-state index contributed by atoms with van der Waals surface area (Å²) >= 11 is 12.0. The summed E-state index contributed by atoms with van der Waals surface area (Å²) in [5, 5.41) is 2.99. The maximum absolute atomic E-state index is 12.6. The van der Waals surface area contributed by atoms with Gasteiger partial charge in [-0.15, -0.1) is 0 Å². The summed E-state index contributed by atoms with van der Waals surface area (Å²) < 4.78 is 30.8. The minimum atomic E-state index is -3.78. The van der Waals surface area contributed by atoms with Gasteiger partial charge in [0.2, 0.25) is 15.9 Å². The molecule has 166 valence electrons. The van der Waals surface area contributed by atoms with E-state index in [0.717, 1.165) is 10.6 Å². The lowest BCUT2D eigenvalue weighted by molar-refractivity contribution is -0.114. The molecule has 0 aliphatic carbocycles. The predicted molar refractivity (Wildman–Crippen MR) is 120 cm³/mol. The van der Waals surface area contributed by atoms with E-state index in [2.05, 4.69) is 5.32 Å². The van der Waals surface area contributed by atoms with Gasteiger partial charge >= 0.3 is 0 Å². The Labute approximate surface area is 190 Å². The van der Waals surface area contributed by atoms with Crippen LogP contribution in [-0.2, 0) is 19.6 Å². The smallest absolute Gasteiger partial charge is 0.254 e. The lowest BCUT2D eigenvalue weighted by Crippen LogP contribution is -2.40. The second-order valence-electron chi connectivity index (χ2n) is 6.87. The van der Waals surface area contributed by atoms with E-state index in [9.17, 15) is 18.0 Å². The van der Waals surface area contributed by atoms with Crippen LogP contribution in [-0.4, -0.2) is 64.2 Å². The number of nitrogens with one attached hydrogen (secondary N) is 1. The molecule has 0 saturated carbocycles. The van der Waals surface area contributed by atoms with Crippen molar-refractivity contribution in [3.05, 3.63) is 58.1 Å². The zero-order valence-corrected chi connectivity index (χ0v) is 19.0. The van der Waals surface area contributed by atoms with E-state index in [-0.39, 0.29) is 27.3 Å². The molecule has 0 spiro atoms. The number of morpholine rings is 1. The summed E-state index contributed by atoms with van der Waals surface area (Å²) in [6, 6.07) is 10.8. The Hall–Kier alpha value is -2.33. The van der Waals surface area contributed by atoms with Crippen molar-refractivity contribution >= 4 is 56.4 Å². The molecule has 0 aromatic heterocycles. The van der Waals surface area contributed by atoms with E-state index in [1.165, 1.54) is 24.3 Å². The number of halogens is 2. The fourth-order valence-electron chi connectivity index (χ4n) is 3.04. The van der Waals surface area contributed by atoms with Crippen molar-refractivity contribution in [3.63, 3.8) is 0 Å². The van der Waals surface area contributed by atoms with Gasteiger partial charge in [0.05, 0.1) is 40.9 Å². The zero-order valence-electron chi connectivity index (χ0n) is 16.7. The Kier molecular flexibility index (Phi) is 7.42. The number of amides is 2. The molecule has 0 unspecified atom stereocenters. The van der Waals surface area contributed by atoms with Gasteiger partial charge < -0.3 is 15.0 Å². The molecule has 1 fully saturated rings. The van der Waals surface area contributed by atoms with E-state index in [1.54, 1.807) is 23.1 Å². The lowest BCUT2D eigenvalue weighted by atomic mass is 10.1. The highest BCUT2D eigenvalue weighted by atomic mass is 35.5. The largest absolute Gasteiger partial charge is 0.378 e. The van der Waals surface area contributed by atoms with Crippen molar-refractivity contribution < 1.29 is 22.7 Å². The van der Waals surface area contributed by atoms with Gasteiger partial charge in [0.1, 0.15) is 6.54 Å². The average Bonchev–Trinajstić information content (AvgIpc) is 2.75. The van der Waals surface area contributed by atoms with Gasteiger partial charge in [0.15, 0.2) is 0 Å². The molecule has 1 aliphatic rings. The first kappa shape index (κ1) is 23.3. The van der Waals surface area contributed by atoms with Crippen molar-refractivity contribution in [2.75, 3.05) is 48.7 Å². The maximum Gasteiger partial charge on any atom is 0.254 e. The predicted octanol–water partition coefficient (Wildman–Crippen LogP) is 2.87. The molecule has 1 saturated heterocycles. The normalized spacial score (nSPS) is 14.2. The first-order valence-electron chi connectivity index (χ1n) is 9.35. The number of ether oxygens (including phenoxy) is 1. The maximum atomic E-state index is 12.6. The zero-order chi connectivity index (χ0) is 22.6. The summed E-state index contributed by atoms with van der Waals surface area (Å²) in [6.07, 6.45) is 0.999. The van der Waals surface area contributed by atoms with Crippen LogP contribution in [0.4, 0.5) is 11.4 Å². The van der Waals surface area contributed by atoms with Crippen molar-refractivity contribution in [1.29, 1.82) is 0 Å². The molecule has 1 N–H and O–H groups in total. The van der Waals surface area contributed by atoms with Gasteiger partial charge in [-0.05, 0) is 36.4 Å². The topological polar surface area (TPSA) is 96.0 Å². The van der Waals surface area contributed by atoms with Gasteiger partial charge in [-0.25, -0.2) is 8.42 Å². The Morgan fingerprint density at radius 3 is 2.35 bits per heavy atom. The number of rotatable bonds is 6. The molecule has 1 aliphatic heterocycles. The molecule has 2 aromatic carbocycles. The van der Waals surface area contributed by atoms with Crippen LogP contribution >= 0.6 is 23.2 Å². The Morgan fingerprint density at radius 2 is 1.74 bits per heavy atom. The Balaban J connectivity index is 1.75. The molecule has 0 radical (unpaired) electrons. The number of benzene rings is 2. The number of hydrogen-bond acceptors (Lipinski definition) is 5. The van der Waals surface area contributed by atoms with Crippen LogP contribution in [0.25, 0.3) is 0 Å². The first-order chi connectivity index (χ1) is 14.7. The van der Waals surface area contributed by atoms with Crippen LogP contribution in [0, 0.1) is 0 Å². The summed E-state index contributed by atoms with van der Waals surface area (Å²) in [5.74, 6) is -0.753. The molecule has 11 heteroatoms. The standard InChI is InChI=1S/C20H21Cl2N3O5S/c1-31(28,29)25(13-18(26)23-17-4-2-3-16(21)19(17)22)15-7-5-14(6-8-15)20(27)24-9-11-30-12-10-24/h2-8H,9-13H2,1H3,(H,23,26). The van der Waals surface area contributed by atoms with Gasteiger partial charge in [-0.2, -0.15) is 0 Å². The highest BCUT2D eigenvalue weighted by Crippen LogP contribution is 2.29. The summed E-state index contributed by atoms with van der Waals surface area (Å²) in [5.41, 5.74) is 0.960. The van der Waals surface area contributed by atoms with Crippen LogP contribution < -0.4 is 9.62 Å². The number of sulfonamides is 1. The van der Waals surface area contributed by atoms with Crippen molar-refractivity contribution in [1.82, 2.24) is 4.90 Å². The number of carbonyl (C=O) groups is 2. The van der Waals surface area contributed by atoms with Gasteiger partial charge in [0, 0.05) is 18.7 Å². The van der Waals surface area contributed by atoms with Crippen LogP contribution in [0.15, 0.2) is 42.5 Å². The van der Waals surface area contributed by atoms with Crippen molar-refractivity contribution in [3.8, 4) is 0 Å². The van der Waals surface area contributed by atoms with E-state index in [4.69, 9.17) is 27.9 Å². The Morgan fingerprint density at radius 1 is 1.10 bits per heavy atom. The third kappa shape index (κ3) is 5.88. The molecular weight excluding hydrogens is 465 g/mol.